The van der Waals surface area contributed by atoms with Crippen LogP contribution in [0.1, 0.15) is 170 Å². The van der Waals surface area contributed by atoms with Gasteiger partial charge >= 0.3 is 28.0 Å². The lowest BCUT2D eigenvalue weighted by Crippen LogP contribution is -2.33. The fourth-order valence-electron chi connectivity index (χ4n) is 4.54. The van der Waals surface area contributed by atoms with E-state index in [2.05, 4.69) is 539 Å². The quantitative estimate of drug-likeness (QED) is 0.0437. The van der Waals surface area contributed by atoms with E-state index in [-0.39, 0.29) is 104 Å². The molecular weight excluding hydrogens is 1750 g/mol. The Balaban J connectivity index is -0.0000000176. The lowest BCUT2D eigenvalue weighted by Gasteiger charge is -2.18. The number of carboxylic acid groups (broad SMARTS) is 3. The molecule has 0 aromatic carbocycles. The number of nitrogens with zero attached hydrogens (tertiary/aromatic N) is 6. The Hall–Kier alpha value is -23.8. The number of diazo groups is 2. The third-order valence-electron chi connectivity index (χ3n) is 9.26. The highest BCUT2D eigenvalue weighted by Crippen LogP contribution is 2.21. The second kappa shape index (κ2) is 104. The molecule has 0 bridgehead atoms. The van der Waals surface area contributed by atoms with Crippen molar-refractivity contribution >= 4 is 44.1 Å². The van der Waals surface area contributed by atoms with Gasteiger partial charge in [0.15, 0.2) is 0 Å². The number of hydrogen-bond donors (Lipinski definition) is 4. The van der Waals surface area contributed by atoms with E-state index in [0.29, 0.717) is 0 Å². The van der Waals surface area contributed by atoms with Crippen LogP contribution in [0, 0.1) is 556 Å². The Morgan fingerprint density at radius 2 is 0.485 bits per heavy atom. The van der Waals surface area contributed by atoms with E-state index in [9.17, 15) is 45.7 Å². The molecule has 0 spiro atoms. The smallest absolute Gasteiger partial charge is 0.338 e. The molecule has 0 aromatic heterocycles. The van der Waals surface area contributed by atoms with E-state index in [1.807, 2.05) is 0 Å². The summed E-state index contributed by atoms with van der Waals surface area (Å²) < 4.78 is 56.6. The van der Waals surface area contributed by atoms with Crippen LogP contribution in [-0.2, 0) is 48.5 Å². The normalized spacial score (nSPS) is 6.30. The van der Waals surface area contributed by atoms with Crippen molar-refractivity contribution in [2.45, 2.75) is 95.9 Å². The molecule has 0 fully saturated rings. The summed E-state index contributed by atoms with van der Waals surface area (Å²) in [5, 5.41) is 61.8. The molecular formula is C112H156N8O14S2. The summed E-state index contributed by atoms with van der Waals surface area (Å²) in [5.41, 5.74) is -2.50. The molecule has 0 aliphatic rings. The topological polar surface area (TPSA) is 386 Å². The Morgan fingerprint density at radius 1 is 0.316 bits per heavy atom. The predicted octanol–water partition coefficient (Wildman–Crippen LogP) is 12.9. The molecule has 0 amide bonds. The van der Waals surface area contributed by atoms with Gasteiger partial charge in [-0.1, -0.05) is 61.6 Å². The standard InChI is InChI=1S/C29H12N2O4.C27H12N2O3S.2C23H4.C6H10O4.C4H10O3S.2N2.52H2/c1-4-5-6-7-8-9-10-11-12-13-14-15-16-17-18-19-20-21-22-23-24-25-30-31-35-27(32)26-29(2,3)28(33)34;1-4-5-6-7-8-9-10-11-12-13-14-15-16-17-18-19-20-21-22-23-24-25-28-29-32-33(30,31)26-27(2)3;2*1-3-5-7-9-11-13-15-17-19-21-23-22-20-18-16-14-12-10-8-6-4-2;1-6(2,5(9)10)3-4(7)8;1-4(2)3-8(5,6)7;2*1-2;;;;;;;;;;;;;;;;;;;;;;;;;;;;;;;;;;;;;;;;;;;;;;;;;;;;/h26H2,1-3H3,(H,33,34);27H,26H2,1-3H3;2*1H,2H3;3H2,1-2H3,(H,7,8)(H,9,10);4H,3H2,1-2H3,(H,5,6,7);;;52*1H. The Kier molecular flexibility index (Phi) is 97.3. The molecule has 0 aliphatic carbocycles. The maximum Gasteiger partial charge on any atom is 0.338 e. The predicted molar refractivity (Wildman–Crippen MR) is 614 cm³/mol. The van der Waals surface area contributed by atoms with Crippen molar-refractivity contribution in [3.8, 4) is 522 Å². The molecule has 0 heterocycles. The number of nitrogens with one attached hydrogen (secondary N) is 2. The SMILES string of the molecule is C#CC#CC#CC#CC#CC#CC#CC#CC#CC#CC#CC.C#CC#CC#CC#CC#CC#CC#CC#CC#CC#CC#CC.CC#CC#CC#CC#CC#CC#CC#CC#CC#CC#CC#CN=NOC(=O)CC(C)(C)C(=O)O.CC#CC#CC#CC#CC#CC#CC#CC#CC#CC#CC#CN=NOS(=O)(=O)CC(C)C.CC(C)(CC(=O)[O-])C(=O)O.CC(C)CS(=O)(=O)[O-].N#[NH+].N#[NH+].[HH].[HH].[HH].[HH].[HH].[HH].[HH].[HH].[HH].[HH].[HH].[HH].[HH].[HH].[HH].[HH].[HH].[HH].[HH].[HH].[HH].[HH].[HH].[HH].[HH].[HH].[HH].[HH].[HH].[HH].[HH].[HH].[HH].[HH].[HH].[HH].[HH].[HH].[HH].[HH].[HH].[HH].[HH].[HH].[HH].[HH].[HH].[HH].[HH].[HH].[HH].[HH]. The fraction of sp³-hybridized carbons (Fsp3) is 0.179. The first-order valence-corrected chi connectivity index (χ1v) is 38.2. The van der Waals surface area contributed by atoms with Crippen LogP contribution in [-0.4, -0.2) is 67.0 Å². The number of rotatable bonds is 13. The van der Waals surface area contributed by atoms with Crippen LogP contribution in [0.5, 0.6) is 0 Å². The van der Waals surface area contributed by atoms with Crippen molar-refractivity contribution in [1.82, 2.24) is 0 Å². The number of aliphatic carboxylic acids is 3. The van der Waals surface area contributed by atoms with Gasteiger partial charge in [-0.2, -0.15) is 8.42 Å². The van der Waals surface area contributed by atoms with Crippen molar-refractivity contribution in [2.24, 2.45) is 43.4 Å². The van der Waals surface area contributed by atoms with Gasteiger partial charge in [0, 0.05) is 287 Å². The minimum absolute atomic E-state index is 0. The van der Waals surface area contributed by atoms with E-state index in [1.165, 1.54) is 27.7 Å². The number of carboxylic acids is 3. The minimum atomic E-state index is -3.97. The summed E-state index contributed by atoms with van der Waals surface area (Å²) in [5.74, 6) is 202. The lowest BCUT2D eigenvalue weighted by atomic mass is 9.90. The van der Waals surface area contributed by atoms with Crippen LogP contribution >= 0.6 is 0 Å². The second-order valence-corrected chi connectivity index (χ2v) is 24.5. The van der Waals surface area contributed by atoms with Crippen LogP contribution in [0.15, 0.2) is 20.8 Å². The fourth-order valence-corrected chi connectivity index (χ4v) is 6.37. The third kappa shape index (κ3) is 128. The average molecular weight is 1900 g/mol. The van der Waals surface area contributed by atoms with Crippen LogP contribution in [0.2, 0.25) is 0 Å². The van der Waals surface area contributed by atoms with Gasteiger partial charge in [0.25, 0.3) is 0 Å². The number of hydrogen-bond acceptors (Lipinski definition) is 18. The average Bonchev–Trinajstić information content (AvgIpc) is 0.884. The molecule has 0 atom stereocenters. The Morgan fingerprint density at radius 3 is 0.632 bits per heavy atom. The van der Waals surface area contributed by atoms with E-state index in [4.69, 9.17) is 44.6 Å². The Bertz CT molecular complexity index is 8000. The van der Waals surface area contributed by atoms with Crippen molar-refractivity contribution < 1.29 is 150 Å². The largest absolute Gasteiger partial charge is 0.748 e. The highest BCUT2D eigenvalue weighted by atomic mass is 32.2. The lowest BCUT2D eigenvalue weighted by molar-refractivity contribution is -0.307. The van der Waals surface area contributed by atoms with Gasteiger partial charge in [0.05, 0.1) is 61.3 Å². The van der Waals surface area contributed by atoms with Gasteiger partial charge in [-0.05, 0) is 351 Å². The van der Waals surface area contributed by atoms with Gasteiger partial charge in [-0.3, -0.25) is 14.4 Å². The van der Waals surface area contributed by atoms with E-state index >= 15 is 0 Å². The summed E-state index contributed by atoms with van der Waals surface area (Å²) >= 11 is 0. The van der Waals surface area contributed by atoms with Crippen LogP contribution in [0.4, 0.5) is 0 Å². The molecule has 0 aromatic rings. The maximum atomic E-state index is 11.4. The van der Waals surface area contributed by atoms with Gasteiger partial charge in [0.1, 0.15) is 0 Å². The minimum Gasteiger partial charge on any atom is -0.748 e. The summed E-state index contributed by atoms with van der Waals surface area (Å²) in [6.45, 7) is 19.0. The molecule has 0 radical (unpaired) electrons. The van der Waals surface area contributed by atoms with Crippen molar-refractivity contribution in [3.05, 3.63) is 0 Å². The third-order valence-corrected chi connectivity index (χ3v) is 11.7. The molecule has 0 aliphatic heterocycles. The molecule has 740 valence electrons. The molecule has 24 heteroatoms. The van der Waals surface area contributed by atoms with Crippen LogP contribution < -0.4 is 15.9 Å². The number of carbonyl (C=O) groups excluding carboxylic acids is 2. The number of terminal acetylenes is 2. The van der Waals surface area contributed by atoms with Crippen molar-refractivity contribution in [2.75, 3.05) is 11.5 Å². The zero-order chi connectivity index (χ0) is 103. The molecule has 0 unspecified atom stereocenters. The zero-order valence-corrected chi connectivity index (χ0v) is 75.1. The van der Waals surface area contributed by atoms with Gasteiger partial charge in [-0.25, -0.2) is 17.5 Å². The molecule has 4 N–H and O–H groups in total. The van der Waals surface area contributed by atoms with Crippen LogP contribution in [0.3, 0.4) is 0 Å². The monoisotopic (exact) mass is 1900 g/mol. The first-order valence-electron chi connectivity index (χ1n) is 35.0. The first-order chi connectivity index (χ1) is 65.5. The highest BCUT2D eigenvalue weighted by molar-refractivity contribution is 7.86. The van der Waals surface area contributed by atoms with E-state index < -0.39 is 61.4 Å². The summed E-state index contributed by atoms with van der Waals surface area (Å²) in [6.07, 6.45) is 8.99. The first kappa shape index (κ1) is 128. The van der Waals surface area contributed by atoms with Crippen LogP contribution in [0.25, 0.3) is 0 Å². The Labute approximate surface area is 875 Å². The molecule has 22 nitrogen and oxygen atoms in total. The van der Waals surface area contributed by atoms with E-state index in [0.717, 1.165) is 0 Å². The molecule has 0 saturated heterocycles. The van der Waals surface area contributed by atoms with Gasteiger partial charge < -0.3 is 24.7 Å². The molecule has 0 rings (SSSR count). The number of carbonyl (C=O) groups is 4. The molecule has 0 saturated carbocycles. The summed E-state index contributed by atoms with van der Waals surface area (Å²) in [7, 11) is -7.73. The highest BCUT2D eigenvalue weighted by Gasteiger charge is 2.31. The molecule has 136 heavy (non-hydrogen) atoms. The van der Waals surface area contributed by atoms with Crippen molar-refractivity contribution in [3.63, 3.8) is 0 Å². The maximum absolute atomic E-state index is 11.4. The summed E-state index contributed by atoms with van der Waals surface area (Å²) in [6, 6.07) is 4.29. The second-order valence-electron chi connectivity index (χ2n) is 21.5. The van der Waals surface area contributed by atoms with Crippen molar-refractivity contribution in [1.29, 1.82) is 10.8 Å². The van der Waals surface area contributed by atoms with Gasteiger partial charge in [0.2, 0.25) is 10.8 Å². The summed E-state index contributed by atoms with van der Waals surface area (Å²) in [4.78, 5) is 46.9. The van der Waals surface area contributed by atoms with E-state index in [1.54, 1.807) is 55.4 Å². The van der Waals surface area contributed by atoms with Gasteiger partial charge in [-0.15, -0.1) is 12.8 Å². The zero-order valence-electron chi connectivity index (χ0n) is 73.4.